The summed E-state index contributed by atoms with van der Waals surface area (Å²) in [4.78, 5) is 28.6. The molecule has 6 nitrogen and oxygen atoms in total. The van der Waals surface area contributed by atoms with E-state index in [9.17, 15) is 9.59 Å². The van der Waals surface area contributed by atoms with Gasteiger partial charge >= 0.3 is 0 Å². The summed E-state index contributed by atoms with van der Waals surface area (Å²) >= 11 is 0. The van der Waals surface area contributed by atoms with Crippen molar-refractivity contribution in [2.75, 3.05) is 13.7 Å². The number of hydrogen-bond donors (Lipinski definition) is 1. The summed E-state index contributed by atoms with van der Waals surface area (Å²) in [5.74, 6) is 1.27. The van der Waals surface area contributed by atoms with Crippen LogP contribution >= 0.6 is 0 Å². The summed E-state index contributed by atoms with van der Waals surface area (Å²) in [6, 6.07) is 26.3. The lowest BCUT2D eigenvalue weighted by molar-refractivity contribution is -0.141. The molecule has 0 aliphatic heterocycles. The topological polar surface area (TPSA) is 67.9 Å². The van der Waals surface area contributed by atoms with Crippen LogP contribution in [0.2, 0.25) is 0 Å². The van der Waals surface area contributed by atoms with Crippen molar-refractivity contribution in [3.63, 3.8) is 0 Å². The summed E-state index contributed by atoms with van der Waals surface area (Å²) in [6.45, 7) is 4.62. The second kappa shape index (κ2) is 13.9. The first-order chi connectivity index (χ1) is 17.5. The van der Waals surface area contributed by atoms with E-state index >= 15 is 0 Å². The third-order valence-corrected chi connectivity index (χ3v) is 5.76. The van der Waals surface area contributed by atoms with Gasteiger partial charge in [-0.15, -0.1) is 0 Å². The minimum atomic E-state index is -0.620. The monoisotopic (exact) mass is 488 g/mol. The van der Waals surface area contributed by atoms with Gasteiger partial charge in [0.25, 0.3) is 0 Å². The van der Waals surface area contributed by atoms with E-state index < -0.39 is 6.04 Å². The Morgan fingerprint density at radius 2 is 1.42 bits per heavy atom. The van der Waals surface area contributed by atoms with Crippen molar-refractivity contribution < 1.29 is 19.1 Å². The van der Waals surface area contributed by atoms with Gasteiger partial charge in [0, 0.05) is 25.4 Å². The first-order valence-electron chi connectivity index (χ1n) is 12.4. The molecule has 1 atom stereocenters. The maximum Gasteiger partial charge on any atom is 0.243 e. The highest BCUT2D eigenvalue weighted by atomic mass is 16.5. The highest BCUT2D eigenvalue weighted by molar-refractivity contribution is 5.88. The Morgan fingerprint density at radius 3 is 2.00 bits per heavy atom. The molecule has 0 bridgehead atoms. The second-order valence-corrected chi connectivity index (χ2v) is 9.00. The molecule has 6 heteroatoms. The largest absolute Gasteiger partial charge is 0.497 e. The Morgan fingerprint density at radius 1 is 0.833 bits per heavy atom. The smallest absolute Gasteiger partial charge is 0.243 e. The van der Waals surface area contributed by atoms with Gasteiger partial charge in [0.1, 0.15) is 17.5 Å². The first-order valence-corrected chi connectivity index (χ1v) is 12.4. The molecule has 1 N–H and O–H groups in total. The SMILES string of the molecule is COc1ccc(OCCCC(=O)N(Cc2ccccc2)[C@@H](Cc2ccccc2)C(=O)NC(C)C)cc1. The molecular weight excluding hydrogens is 452 g/mol. The van der Waals surface area contributed by atoms with E-state index in [0.717, 1.165) is 22.6 Å². The van der Waals surface area contributed by atoms with Crippen molar-refractivity contribution in [1.29, 1.82) is 0 Å². The zero-order valence-electron chi connectivity index (χ0n) is 21.4. The van der Waals surface area contributed by atoms with Crippen LogP contribution in [-0.2, 0) is 22.6 Å². The van der Waals surface area contributed by atoms with Gasteiger partial charge in [0.15, 0.2) is 0 Å². The first kappa shape index (κ1) is 26.8. The quantitative estimate of drug-likeness (QED) is 0.343. The minimum Gasteiger partial charge on any atom is -0.497 e. The third-order valence-electron chi connectivity index (χ3n) is 5.76. The highest BCUT2D eigenvalue weighted by Crippen LogP contribution is 2.19. The molecule has 0 aliphatic rings. The van der Waals surface area contributed by atoms with Crippen molar-refractivity contribution >= 4 is 11.8 Å². The normalized spacial score (nSPS) is 11.6. The van der Waals surface area contributed by atoms with Crippen molar-refractivity contribution in [3.05, 3.63) is 96.1 Å². The molecule has 3 rings (SSSR count). The molecule has 0 spiro atoms. The number of carbonyl (C=O) groups is 2. The Labute approximate surface area is 214 Å². The van der Waals surface area contributed by atoms with Gasteiger partial charge in [-0.1, -0.05) is 60.7 Å². The number of hydrogen-bond acceptors (Lipinski definition) is 4. The lowest BCUT2D eigenvalue weighted by Gasteiger charge is -2.32. The predicted molar refractivity (Wildman–Crippen MR) is 142 cm³/mol. The average molecular weight is 489 g/mol. The average Bonchev–Trinajstić information content (AvgIpc) is 2.89. The van der Waals surface area contributed by atoms with Gasteiger partial charge in [-0.25, -0.2) is 0 Å². The molecule has 3 aromatic carbocycles. The number of methoxy groups -OCH3 is 1. The number of nitrogens with zero attached hydrogens (tertiary/aromatic N) is 1. The number of benzene rings is 3. The molecular formula is C30H36N2O4. The summed E-state index contributed by atoms with van der Waals surface area (Å²) < 4.78 is 11.0. The fourth-order valence-electron chi connectivity index (χ4n) is 3.94. The van der Waals surface area contributed by atoms with Gasteiger partial charge in [-0.3, -0.25) is 9.59 Å². The van der Waals surface area contributed by atoms with Crippen molar-refractivity contribution in [2.45, 2.75) is 51.7 Å². The Bertz CT molecular complexity index is 1070. The zero-order chi connectivity index (χ0) is 25.8. The van der Waals surface area contributed by atoms with Crippen LogP contribution in [0.15, 0.2) is 84.9 Å². The van der Waals surface area contributed by atoms with Crippen LogP contribution in [0, 0.1) is 0 Å². The van der Waals surface area contributed by atoms with Crippen LogP contribution in [0.4, 0.5) is 0 Å². The van der Waals surface area contributed by atoms with Crippen LogP contribution in [0.1, 0.15) is 37.8 Å². The van der Waals surface area contributed by atoms with Crippen LogP contribution in [0.5, 0.6) is 11.5 Å². The molecule has 0 aromatic heterocycles. The van der Waals surface area contributed by atoms with Crippen LogP contribution in [0.3, 0.4) is 0 Å². The van der Waals surface area contributed by atoms with Gasteiger partial charge in [0.05, 0.1) is 13.7 Å². The Hall–Kier alpha value is -3.80. The summed E-state index contributed by atoms with van der Waals surface area (Å²) in [5.41, 5.74) is 1.99. The maximum absolute atomic E-state index is 13.5. The van der Waals surface area contributed by atoms with Gasteiger partial charge in [-0.2, -0.15) is 0 Å². The molecule has 2 amide bonds. The van der Waals surface area contributed by atoms with E-state index in [-0.39, 0.29) is 24.3 Å². The Kier molecular flexibility index (Phi) is 10.4. The predicted octanol–water partition coefficient (Wildman–Crippen LogP) is 5.02. The van der Waals surface area contributed by atoms with Gasteiger partial charge in [-0.05, 0) is 55.7 Å². The highest BCUT2D eigenvalue weighted by Gasteiger charge is 2.30. The molecule has 0 fully saturated rings. The third kappa shape index (κ3) is 8.45. The van der Waals surface area contributed by atoms with E-state index in [1.54, 1.807) is 12.0 Å². The summed E-state index contributed by atoms with van der Waals surface area (Å²) in [5, 5.41) is 3.01. The van der Waals surface area contributed by atoms with E-state index in [1.807, 2.05) is 98.8 Å². The lowest BCUT2D eigenvalue weighted by Crippen LogP contribution is -2.51. The van der Waals surface area contributed by atoms with E-state index in [2.05, 4.69) is 5.32 Å². The minimum absolute atomic E-state index is 0.0256. The second-order valence-electron chi connectivity index (χ2n) is 9.00. The number of carbonyl (C=O) groups excluding carboxylic acids is 2. The number of nitrogens with one attached hydrogen (secondary N) is 1. The van der Waals surface area contributed by atoms with E-state index in [0.29, 0.717) is 26.0 Å². The van der Waals surface area contributed by atoms with E-state index in [4.69, 9.17) is 9.47 Å². The Balaban J connectivity index is 1.73. The van der Waals surface area contributed by atoms with Crippen LogP contribution in [-0.4, -0.2) is 42.5 Å². The number of rotatable bonds is 13. The molecule has 36 heavy (non-hydrogen) atoms. The standard InChI is InChI=1S/C30H36N2O4/c1-23(2)31-30(34)28(21-24-11-6-4-7-12-24)32(22-25-13-8-5-9-14-25)29(33)15-10-20-36-27-18-16-26(35-3)17-19-27/h4-9,11-14,16-19,23,28H,10,15,20-22H2,1-3H3,(H,31,34)/t28-/m0/s1. The maximum atomic E-state index is 13.5. The molecule has 190 valence electrons. The lowest BCUT2D eigenvalue weighted by atomic mass is 10.0. The molecule has 0 saturated carbocycles. The fraction of sp³-hybridized carbons (Fsp3) is 0.333. The van der Waals surface area contributed by atoms with Crippen LogP contribution < -0.4 is 14.8 Å². The van der Waals surface area contributed by atoms with E-state index in [1.165, 1.54) is 0 Å². The van der Waals surface area contributed by atoms with Gasteiger partial charge in [0.2, 0.25) is 11.8 Å². The molecule has 0 heterocycles. The summed E-state index contributed by atoms with van der Waals surface area (Å²) in [6.07, 6.45) is 1.27. The molecule has 0 radical (unpaired) electrons. The number of ether oxygens (including phenoxy) is 2. The van der Waals surface area contributed by atoms with Crippen molar-refractivity contribution in [3.8, 4) is 11.5 Å². The van der Waals surface area contributed by atoms with Gasteiger partial charge < -0.3 is 19.7 Å². The van der Waals surface area contributed by atoms with Crippen LogP contribution in [0.25, 0.3) is 0 Å². The molecule has 0 aliphatic carbocycles. The molecule has 0 unspecified atom stereocenters. The molecule has 3 aromatic rings. The van der Waals surface area contributed by atoms with Crippen molar-refractivity contribution in [1.82, 2.24) is 10.2 Å². The summed E-state index contributed by atoms with van der Waals surface area (Å²) in [7, 11) is 1.62. The zero-order valence-corrected chi connectivity index (χ0v) is 21.4. The number of amides is 2. The van der Waals surface area contributed by atoms with Crippen molar-refractivity contribution in [2.24, 2.45) is 0 Å². The fourth-order valence-corrected chi connectivity index (χ4v) is 3.94. The molecule has 0 saturated heterocycles.